The van der Waals surface area contributed by atoms with E-state index in [2.05, 4.69) is 4.98 Å². The number of halogens is 1. The molecule has 0 aliphatic carbocycles. The third-order valence-corrected chi connectivity index (χ3v) is 4.85. The van der Waals surface area contributed by atoms with E-state index < -0.39 is 33.0 Å². The number of aromatic nitrogens is 1. The average molecular weight is 290 g/mol. The number of pyridine rings is 1. The van der Waals surface area contributed by atoms with E-state index in [1.165, 1.54) is 12.3 Å². The molecule has 19 heavy (non-hydrogen) atoms. The molecule has 0 radical (unpaired) electrons. The first-order valence-corrected chi connectivity index (χ1v) is 7.25. The summed E-state index contributed by atoms with van der Waals surface area (Å²) in [6, 6.07) is 1.94. The quantitative estimate of drug-likeness (QED) is 0.847. The van der Waals surface area contributed by atoms with Gasteiger partial charge in [0.25, 0.3) is 10.0 Å². The van der Waals surface area contributed by atoms with Crippen LogP contribution in [0.3, 0.4) is 0 Å². The molecule has 0 amide bonds. The number of hydrogen-bond acceptors (Lipinski definition) is 5. The van der Waals surface area contributed by atoms with Crippen molar-refractivity contribution in [2.24, 2.45) is 0 Å². The van der Waals surface area contributed by atoms with Crippen molar-refractivity contribution < 1.29 is 22.7 Å². The van der Waals surface area contributed by atoms with Crippen LogP contribution in [-0.2, 0) is 14.8 Å². The molecular formula is C11H15FN2O4S. The Morgan fingerprint density at radius 3 is 3.00 bits per heavy atom. The Bertz CT molecular complexity index is 551. The molecule has 1 N–H and O–H groups in total. The Hall–Kier alpha value is -1.09. The van der Waals surface area contributed by atoms with E-state index in [9.17, 15) is 12.8 Å². The highest BCUT2D eigenvalue weighted by molar-refractivity contribution is 7.89. The van der Waals surface area contributed by atoms with E-state index in [0.29, 0.717) is 0 Å². The molecule has 2 atom stereocenters. The predicted octanol–water partition coefficient (Wildman–Crippen LogP) is -0.00900. The number of ether oxygens (including phenoxy) is 1. The highest BCUT2D eigenvalue weighted by Gasteiger charge is 2.37. The first-order chi connectivity index (χ1) is 8.96. The van der Waals surface area contributed by atoms with Crippen molar-refractivity contribution in [1.29, 1.82) is 0 Å². The molecule has 1 aromatic rings. The normalized spacial score (nSPS) is 25.4. The van der Waals surface area contributed by atoms with Crippen LogP contribution >= 0.6 is 0 Å². The van der Waals surface area contributed by atoms with Crippen LogP contribution in [0.25, 0.3) is 0 Å². The lowest BCUT2D eigenvalue weighted by atomic mass is 10.2. The van der Waals surface area contributed by atoms with Crippen molar-refractivity contribution in [1.82, 2.24) is 9.29 Å². The van der Waals surface area contributed by atoms with Gasteiger partial charge >= 0.3 is 0 Å². The average Bonchev–Trinajstić information content (AvgIpc) is 2.39. The van der Waals surface area contributed by atoms with E-state index in [4.69, 9.17) is 9.84 Å². The lowest BCUT2D eigenvalue weighted by molar-refractivity contribution is -0.0517. The van der Waals surface area contributed by atoms with Crippen molar-refractivity contribution in [3.8, 4) is 0 Å². The fourth-order valence-electron chi connectivity index (χ4n) is 1.91. The van der Waals surface area contributed by atoms with Gasteiger partial charge in [0.2, 0.25) is 5.03 Å². The van der Waals surface area contributed by atoms with E-state index in [-0.39, 0.29) is 19.8 Å². The Kier molecular flexibility index (Phi) is 4.14. The Morgan fingerprint density at radius 2 is 2.37 bits per heavy atom. The molecule has 106 valence electrons. The van der Waals surface area contributed by atoms with Crippen molar-refractivity contribution in [3.63, 3.8) is 0 Å². The smallest absolute Gasteiger partial charge is 0.263 e. The van der Waals surface area contributed by atoms with Crippen molar-refractivity contribution in [3.05, 3.63) is 24.1 Å². The van der Waals surface area contributed by atoms with Crippen LogP contribution in [0.4, 0.5) is 4.39 Å². The largest absolute Gasteiger partial charge is 0.394 e. The molecule has 0 saturated carbocycles. The van der Waals surface area contributed by atoms with E-state index >= 15 is 0 Å². The molecule has 0 aromatic carbocycles. The van der Waals surface area contributed by atoms with Gasteiger partial charge in [-0.15, -0.1) is 0 Å². The number of aliphatic hydroxyl groups excluding tert-OH is 1. The van der Waals surface area contributed by atoms with Crippen molar-refractivity contribution in [2.75, 3.05) is 19.8 Å². The van der Waals surface area contributed by atoms with Gasteiger partial charge in [-0.3, -0.25) is 0 Å². The minimum absolute atomic E-state index is 0.0178. The Labute approximate surface area is 110 Å². The zero-order valence-electron chi connectivity index (χ0n) is 10.4. The summed E-state index contributed by atoms with van der Waals surface area (Å²) in [6.07, 6.45) is 0.627. The lowest BCUT2D eigenvalue weighted by Gasteiger charge is -2.36. The van der Waals surface area contributed by atoms with Crippen LogP contribution < -0.4 is 0 Å². The van der Waals surface area contributed by atoms with Crippen LogP contribution in [0.15, 0.2) is 23.4 Å². The second-order valence-corrected chi connectivity index (χ2v) is 6.16. The summed E-state index contributed by atoms with van der Waals surface area (Å²) in [5.74, 6) is -0.887. The summed E-state index contributed by atoms with van der Waals surface area (Å²) in [4.78, 5) is 3.60. The van der Waals surface area contributed by atoms with Gasteiger partial charge in [0.1, 0.15) is 0 Å². The molecule has 1 aromatic heterocycles. The second kappa shape index (κ2) is 5.49. The SMILES string of the molecule is CC1COC(CO)CN1S(=O)(=O)c1ncccc1F. The molecule has 1 aliphatic rings. The van der Waals surface area contributed by atoms with Crippen molar-refractivity contribution >= 4 is 10.0 Å². The maximum atomic E-state index is 13.6. The van der Waals surface area contributed by atoms with E-state index in [0.717, 1.165) is 10.4 Å². The van der Waals surface area contributed by atoms with E-state index in [1.807, 2.05) is 0 Å². The monoisotopic (exact) mass is 290 g/mol. The highest BCUT2D eigenvalue weighted by Crippen LogP contribution is 2.22. The first-order valence-electron chi connectivity index (χ1n) is 5.81. The van der Waals surface area contributed by atoms with Crippen molar-refractivity contribution in [2.45, 2.75) is 24.1 Å². The number of aliphatic hydroxyl groups is 1. The summed E-state index contributed by atoms with van der Waals surface area (Å²) in [5.41, 5.74) is 0. The minimum atomic E-state index is -4.03. The molecule has 1 fully saturated rings. The molecule has 1 aliphatic heterocycles. The topological polar surface area (TPSA) is 79.7 Å². The molecule has 2 rings (SSSR count). The molecule has 2 heterocycles. The standard InChI is InChI=1S/C11H15FN2O4S/c1-8-7-18-9(6-15)5-14(8)19(16,17)11-10(12)3-2-4-13-11/h2-4,8-9,15H,5-7H2,1H3. The Morgan fingerprint density at radius 1 is 1.63 bits per heavy atom. The summed E-state index contributed by atoms with van der Waals surface area (Å²) < 4.78 is 44.7. The van der Waals surface area contributed by atoms with E-state index in [1.54, 1.807) is 6.92 Å². The molecule has 8 heteroatoms. The third kappa shape index (κ3) is 2.76. The fourth-order valence-corrected chi connectivity index (χ4v) is 3.54. The van der Waals surface area contributed by atoms with Gasteiger partial charge in [-0.1, -0.05) is 0 Å². The molecule has 1 saturated heterocycles. The molecular weight excluding hydrogens is 275 g/mol. The fraction of sp³-hybridized carbons (Fsp3) is 0.545. The molecule has 6 nitrogen and oxygen atoms in total. The number of nitrogens with zero attached hydrogens (tertiary/aromatic N) is 2. The molecule has 0 bridgehead atoms. The third-order valence-electron chi connectivity index (χ3n) is 2.93. The molecule has 2 unspecified atom stereocenters. The zero-order valence-corrected chi connectivity index (χ0v) is 11.2. The number of sulfonamides is 1. The second-order valence-electron chi connectivity index (χ2n) is 4.35. The first kappa shape index (κ1) is 14.3. The van der Waals surface area contributed by atoms with Gasteiger partial charge in [-0.05, 0) is 19.1 Å². The van der Waals surface area contributed by atoms with Crippen LogP contribution in [0, 0.1) is 5.82 Å². The van der Waals surface area contributed by atoms with Gasteiger partial charge in [-0.25, -0.2) is 17.8 Å². The summed E-state index contributed by atoms with van der Waals surface area (Å²) in [7, 11) is -4.03. The maximum Gasteiger partial charge on any atom is 0.263 e. The van der Waals surface area contributed by atoms with Gasteiger partial charge in [-0.2, -0.15) is 4.31 Å². The lowest BCUT2D eigenvalue weighted by Crippen LogP contribution is -2.52. The summed E-state index contributed by atoms with van der Waals surface area (Å²) >= 11 is 0. The number of morpholine rings is 1. The summed E-state index contributed by atoms with van der Waals surface area (Å²) in [6.45, 7) is 1.50. The van der Waals surface area contributed by atoms with Gasteiger partial charge in [0.05, 0.1) is 19.3 Å². The van der Waals surface area contributed by atoms with Gasteiger partial charge in [0.15, 0.2) is 5.82 Å². The molecule has 0 spiro atoms. The minimum Gasteiger partial charge on any atom is -0.394 e. The van der Waals surface area contributed by atoms with Gasteiger partial charge < -0.3 is 9.84 Å². The highest BCUT2D eigenvalue weighted by atomic mass is 32.2. The van der Waals surface area contributed by atoms with Crippen LogP contribution in [0.2, 0.25) is 0 Å². The Balaban J connectivity index is 2.36. The predicted molar refractivity (Wildman–Crippen MR) is 64.4 cm³/mol. The van der Waals surface area contributed by atoms with Crippen LogP contribution in [-0.4, -0.2) is 54.7 Å². The van der Waals surface area contributed by atoms with Crippen LogP contribution in [0.5, 0.6) is 0 Å². The number of rotatable bonds is 3. The summed E-state index contributed by atoms with van der Waals surface area (Å²) in [5, 5.41) is 8.45. The number of hydrogen-bond donors (Lipinski definition) is 1. The van der Waals surface area contributed by atoms with Crippen LogP contribution in [0.1, 0.15) is 6.92 Å². The zero-order chi connectivity index (χ0) is 14.0. The maximum absolute atomic E-state index is 13.6. The van der Waals surface area contributed by atoms with Gasteiger partial charge in [0, 0.05) is 18.8 Å².